The first-order valence-electron chi connectivity index (χ1n) is 5.93. The van der Waals surface area contributed by atoms with Gasteiger partial charge in [0.05, 0.1) is 0 Å². The highest BCUT2D eigenvalue weighted by Gasteiger charge is 2.11. The van der Waals surface area contributed by atoms with Crippen molar-refractivity contribution in [1.82, 2.24) is 15.3 Å². The van der Waals surface area contributed by atoms with Crippen LogP contribution in [0.4, 0.5) is 5.95 Å². The zero-order chi connectivity index (χ0) is 12.8. The van der Waals surface area contributed by atoms with Gasteiger partial charge in [-0.15, -0.1) is 0 Å². The normalized spacial score (nSPS) is 12.3. The van der Waals surface area contributed by atoms with Crippen LogP contribution in [0.5, 0.6) is 0 Å². The number of nitrogens with zero attached hydrogens (tertiary/aromatic N) is 2. The molecule has 5 heteroatoms. The van der Waals surface area contributed by atoms with E-state index in [9.17, 15) is 4.79 Å². The van der Waals surface area contributed by atoms with Gasteiger partial charge in [-0.1, -0.05) is 6.92 Å². The number of nitrogens with one attached hydrogen (secondary N) is 2. The Balaban J connectivity index is 2.73. The summed E-state index contributed by atoms with van der Waals surface area (Å²) in [5.74, 6) is 0.324. The molecule has 0 radical (unpaired) electrons. The SMILES string of the molecule is CCC(C)NC(=O)c1ccnc(NC(C)C)n1. The van der Waals surface area contributed by atoms with E-state index in [1.807, 2.05) is 27.7 Å². The predicted molar refractivity (Wildman–Crippen MR) is 68.0 cm³/mol. The van der Waals surface area contributed by atoms with E-state index in [-0.39, 0.29) is 18.0 Å². The zero-order valence-electron chi connectivity index (χ0n) is 10.8. The summed E-state index contributed by atoms with van der Waals surface area (Å²) in [6.45, 7) is 7.98. The Morgan fingerprint density at radius 1 is 1.41 bits per heavy atom. The van der Waals surface area contributed by atoms with Crippen molar-refractivity contribution in [3.8, 4) is 0 Å². The van der Waals surface area contributed by atoms with Crippen LogP contribution in [0, 0.1) is 0 Å². The molecule has 0 bridgehead atoms. The third kappa shape index (κ3) is 4.38. The maximum absolute atomic E-state index is 11.8. The van der Waals surface area contributed by atoms with E-state index in [0.717, 1.165) is 6.42 Å². The zero-order valence-corrected chi connectivity index (χ0v) is 10.8. The van der Waals surface area contributed by atoms with Crippen molar-refractivity contribution in [2.45, 2.75) is 46.2 Å². The van der Waals surface area contributed by atoms with E-state index in [1.165, 1.54) is 0 Å². The molecule has 2 N–H and O–H groups in total. The number of aromatic nitrogens is 2. The van der Waals surface area contributed by atoms with Gasteiger partial charge in [-0.25, -0.2) is 9.97 Å². The van der Waals surface area contributed by atoms with Crippen LogP contribution in [0.25, 0.3) is 0 Å². The molecule has 0 fully saturated rings. The minimum Gasteiger partial charge on any atom is -0.352 e. The second kappa shape index (κ2) is 6.18. The molecule has 0 aromatic carbocycles. The molecule has 1 atom stereocenters. The van der Waals surface area contributed by atoms with Crippen molar-refractivity contribution >= 4 is 11.9 Å². The molecule has 1 heterocycles. The standard InChI is InChI=1S/C12H20N4O/c1-5-9(4)15-11(17)10-6-7-13-12(16-10)14-8(2)3/h6-9H,5H2,1-4H3,(H,15,17)(H,13,14,16). The number of hydrogen-bond donors (Lipinski definition) is 2. The quantitative estimate of drug-likeness (QED) is 0.818. The number of hydrogen-bond acceptors (Lipinski definition) is 4. The molecule has 17 heavy (non-hydrogen) atoms. The van der Waals surface area contributed by atoms with Gasteiger partial charge in [-0.2, -0.15) is 0 Å². The average molecular weight is 236 g/mol. The Hall–Kier alpha value is -1.65. The first kappa shape index (κ1) is 13.4. The van der Waals surface area contributed by atoms with Crippen LogP contribution < -0.4 is 10.6 Å². The molecule has 1 rings (SSSR count). The maximum Gasteiger partial charge on any atom is 0.270 e. The van der Waals surface area contributed by atoms with Gasteiger partial charge in [0.25, 0.3) is 5.91 Å². The van der Waals surface area contributed by atoms with Crippen LogP contribution in [0.3, 0.4) is 0 Å². The van der Waals surface area contributed by atoms with E-state index in [0.29, 0.717) is 11.6 Å². The summed E-state index contributed by atoms with van der Waals surface area (Å²) < 4.78 is 0. The summed E-state index contributed by atoms with van der Waals surface area (Å²) in [4.78, 5) is 20.0. The molecule has 5 nitrogen and oxygen atoms in total. The van der Waals surface area contributed by atoms with Crippen LogP contribution in [-0.2, 0) is 0 Å². The summed E-state index contributed by atoms with van der Waals surface area (Å²) >= 11 is 0. The first-order valence-corrected chi connectivity index (χ1v) is 5.93. The van der Waals surface area contributed by atoms with Crippen molar-refractivity contribution in [1.29, 1.82) is 0 Å². The van der Waals surface area contributed by atoms with Crippen LogP contribution >= 0.6 is 0 Å². The molecule has 0 spiro atoms. The summed E-state index contributed by atoms with van der Waals surface area (Å²) in [5, 5.41) is 5.93. The van der Waals surface area contributed by atoms with Gasteiger partial charge in [0.15, 0.2) is 0 Å². The second-order valence-electron chi connectivity index (χ2n) is 4.35. The molecule has 1 aromatic rings. The van der Waals surface area contributed by atoms with Gasteiger partial charge in [0.1, 0.15) is 5.69 Å². The molecule has 94 valence electrons. The molecule has 1 aromatic heterocycles. The summed E-state index contributed by atoms with van der Waals surface area (Å²) in [6, 6.07) is 2.00. The molecule has 0 saturated heterocycles. The third-order valence-electron chi connectivity index (χ3n) is 2.30. The molecule has 0 aliphatic carbocycles. The number of carbonyl (C=O) groups is 1. The highest BCUT2D eigenvalue weighted by Crippen LogP contribution is 2.03. The smallest absolute Gasteiger partial charge is 0.270 e. The maximum atomic E-state index is 11.8. The van der Waals surface area contributed by atoms with E-state index in [2.05, 4.69) is 20.6 Å². The minimum atomic E-state index is -0.159. The fraction of sp³-hybridized carbons (Fsp3) is 0.583. The van der Waals surface area contributed by atoms with Crippen LogP contribution in [0.15, 0.2) is 12.3 Å². The Morgan fingerprint density at radius 2 is 2.12 bits per heavy atom. The third-order valence-corrected chi connectivity index (χ3v) is 2.30. The molecule has 0 saturated carbocycles. The lowest BCUT2D eigenvalue weighted by Gasteiger charge is -2.12. The summed E-state index contributed by atoms with van der Waals surface area (Å²) in [5.41, 5.74) is 0.392. The molecule has 0 aliphatic rings. The van der Waals surface area contributed by atoms with Crippen molar-refractivity contribution in [3.05, 3.63) is 18.0 Å². The number of anilines is 1. The Morgan fingerprint density at radius 3 is 2.71 bits per heavy atom. The largest absolute Gasteiger partial charge is 0.352 e. The number of carbonyl (C=O) groups excluding carboxylic acids is 1. The minimum absolute atomic E-state index is 0.152. The molecular weight excluding hydrogens is 216 g/mol. The van der Waals surface area contributed by atoms with Crippen LogP contribution in [-0.4, -0.2) is 28.0 Å². The molecule has 1 amide bonds. The van der Waals surface area contributed by atoms with Crippen molar-refractivity contribution < 1.29 is 4.79 Å². The van der Waals surface area contributed by atoms with Crippen LogP contribution in [0.2, 0.25) is 0 Å². The number of rotatable bonds is 5. The lowest BCUT2D eigenvalue weighted by molar-refractivity contribution is 0.0934. The summed E-state index contributed by atoms with van der Waals surface area (Å²) in [6.07, 6.45) is 2.48. The predicted octanol–water partition coefficient (Wildman–Crippen LogP) is 1.83. The first-order chi connectivity index (χ1) is 8.02. The van der Waals surface area contributed by atoms with E-state index in [1.54, 1.807) is 12.3 Å². The molecule has 0 aliphatic heterocycles. The van der Waals surface area contributed by atoms with Gasteiger partial charge in [0.2, 0.25) is 5.95 Å². The highest BCUT2D eigenvalue weighted by molar-refractivity contribution is 5.92. The summed E-state index contributed by atoms with van der Waals surface area (Å²) in [7, 11) is 0. The second-order valence-corrected chi connectivity index (χ2v) is 4.35. The topological polar surface area (TPSA) is 66.9 Å². The van der Waals surface area contributed by atoms with Crippen LogP contribution in [0.1, 0.15) is 44.6 Å². The van der Waals surface area contributed by atoms with Crippen molar-refractivity contribution in [2.75, 3.05) is 5.32 Å². The van der Waals surface area contributed by atoms with Gasteiger partial charge >= 0.3 is 0 Å². The fourth-order valence-corrected chi connectivity index (χ4v) is 1.21. The molecule has 1 unspecified atom stereocenters. The Kier molecular flexibility index (Phi) is 4.87. The highest BCUT2D eigenvalue weighted by atomic mass is 16.1. The van der Waals surface area contributed by atoms with E-state index >= 15 is 0 Å². The van der Waals surface area contributed by atoms with Crippen molar-refractivity contribution in [2.24, 2.45) is 0 Å². The lowest BCUT2D eigenvalue weighted by Crippen LogP contribution is -2.32. The fourth-order valence-electron chi connectivity index (χ4n) is 1.21. The Bertz CT molecular complexity index is 379. The monoisotopic (exact) mass is 236 g/mol. The van der Waals surface area contributed by atoms with Crippen molar-refractivity contribution in [3.63, 3.8) is 0 Å². The van der Waals surface area contributed by atoms with E-state index < -0.39 is 0 Å². The van der Waals surface area contributed by atoms with Gasteiger partial charge in [-0.3, -0.25) is 4.79 Å². The van der Waals surface area contributed by atoms with Gasteiger partial charge in [0, 0.05) is 18.3 Å². The van der Waals surface area contributed by atoms with Gasteiger partial charge in [-0.05, 0) is 33.3 Å². The Labute approximate surface area is 102 Å². The molecular formula is C12H20N4O. The average Bonchev–Trinajstić information content (AvgIpc) is 2.28. The van der Waals surface area contributed by atoms with Gasteiger partial charge < -0.3 is 10.6 Å². The number of amides is 1. The van der Waals surface area contributed by atoms with E-state index in [4.69, 9.17) is 0 Å². The lowest BCUT2D eigenvalue weighted by atomic mass is 10.2.